The molecule has 0 aliphatic carbocycles. The average Bonchev–Trinajstić information content (AvgIpc) is 2.90. The zero-order chi connectivity index (χ0) is 14.7. The smallest absolute Gasteiger partial charge is 0.331 e. The summed E-state index contributed by atoms with van der Waals surface area (Å²) >= 11 is 1.57. The summed E-state index contributed by atoms with van der Waals surface area (Å²) in [5, 5.41) is 11.4. The third-order valence-electron chi connectivity index (χ3n) is 3.59. The van der Waals surface area contributed by atoms with Gasteiger partial charge in [0.05, 0.1) is 0 Å². The summed E-state index contributed by atoms with van der Waals surface area (Å²) in [6.07, 6.45) is 1.61. The maximum absolute atomic E-state index is 12.6. The lowest BCUT2D eigenvalue weighted by Crippen LogP contribution is -2.49. The number of thiophene rings is 1. The van der Waals surface area contributed by atoms with Gasteiger partial charge in [-0.2, -0.15) is 0 Å². The lowest BCUT2D eigenvalue weighted by atomic mass is 10.0. The SMILES string of the molecule is CCCN(CC)C(=O)N1CCc2sccc2C1C(=O)O. The largest absolute Gasteiger partial charge is 0.479 e. The highest BCUT2D eigenvalue weighted by molar-refractivity contribution is 7.10. The second kappa shape index (κ2) is 6.26. The zero-order valence-corrected chi connectivity index (χ0v) is 12.7. The number of nitrogens with zero attached hydrogens (tertiary/aromatic N) is 2. The molecule has 0 fully saturated rings. The van der Waals surface area contributed by atoms with Gasteiger partial charge in [0.25, 0.3) is 0 Å². The second-order valence-corrected chi connectivity index (χ2v) is 5.85. The van der Waals surface area contributed by atoms with Crippen LogP contribution in [0.15, 0.2) is 11.4 Å². The topological polar surface area (TPSA) is 60.9 Å². The molecule has 2 heterocycles. The summed E-state index contributed by atoms with van der Waals surface area (Å²) < 4.78 is 0. The fourth-order valence-corrected chi connectivity index (χ4v) is 3.53. The van der Waals surface area contributed by atoms with Crippen LogP contribution in [0.1, 0.15) is 36.8 Å². The van der Waals surface area contributed by atoms with Gasteiger partial charge in [0, 0.05) is 24.5 Å². The summed E-state index contributed by atoms with van der Waals surface area (Å²) in [5.41, 5.74) is 0.773. The molecule has 2 rings (SSSR count). The normalized spacial score (nSPS) is 17.7. The van der Waals surface area contributed by atoms with Gasteiger partial charge in [-0.15, -0.1) is 11.3 Å². The van der Waals surface area contributed by atoms with Crippen molar-refractivity contribution in [1.82, 2.24) is 9.80 Å². The number of carboxylic acids is 1. The third kappa shape index (κ3) is 2.65. The van der Waals surface area contributed by atoms with Crippen molar-refractivity contribution in [3.8, 4) is 0 Å². The summed E-state index contributed by atoms with van der Waals surface area (Å²) in [5.74, 6) is -0.953. The fourth-order valence-electron chi connectivity index (χ4n) is 2.63. The van der Waals surface area contributed by atoms with Gasteiger partial charge in [0.1, 0.15) is 0 Å². The van der Waals surface area contributed by atoms with Crippen molar-refractivity contribution in [2.24, 2.45) is 0 Å². The van der Waals surface area contributed by atoms with Crippen LogP contribution < -0.4 is 0 Å². The van der Waals surface area contributed by atoms with Crippen LogP contribution in [-0.4, -0.2) is 46.5 Å². The van der Waals surface area contributed by atoms with Gasteiger partial charge < -0.3 is 14.9 Å². The van der Waals surface area contributed by atoms with Gasteiger partial charge >= 0.3 is 12.0 Å². The highest BCUT2D eigenvalue weighted by Crippen LogP contribution is 2.34. The van der Waals surface area contributed by atoms with Crippen molar-refractivity contribution in [1.29, 1.82) is 0 Å². The number of carboxylic acid groups (broad SMARTS) is 1. The molecular weight excluding hydrogens is 276 g/mol. The Kier molecular flexibility index (Phi) is 4.65. The van der Waals surface area contributed by atoms with E-state index in [4.69, 9.17) is 0 Å². The Labute approximate surface area is 122 Å². The summed E-state index contributed by atoms with van der Waals surface area (Å²) in [6, 6.07) is 0.816. The van der Waals surface area contributed by atoms with Gasteiger partial charge in [-0.1, -0.05) is 6.92 Å². The number of rotatable bonds is 4. The van der Waals surface area contributed by atoms with E-state index in [0.717, 1.165) is 23.3 Å². The van der Waals surface area contributed by atoms with Crippen LogP contribution >= 0.6 is 11.3 Å². The summed E-state index contributed by atoms with van der Waals surface area (Å²) in [6.45, 7) is 5.67. The number of urea groups is 1. The first-order valence-electron chi connectivity index (χ1n) is 6.94. The Hall–Kier alpha value is -1.56. The van der Waals surface area contributed by atoms with Crippen LogP contribution in [0.2, 0.25) is 0 Å². The predicted octanol–water partition coefficient (Wildman–Crippen LogP) is 2.58. The maximum atomic E-state index is 12.6. The van der Waals surface area contributed by atoms with Crippen LogP contribution in [-0.2, 0) is 11.2 Å². The van der Waals surface area contributed by atoms with Gasteiger partial charge in [0.15, 0.2) is 6.04 Å². The van der Waals surface area contributed by atoms with E-state index >= 15 is 0 Å². The number of carbonyl (C=O) groups is 2. The van der Waals surface area contributed by atoms with Crippen molar-refractivity contribution in [3.63, 3.8) is 0 Å². The van der Waals surface area contributed by atoms with Crippen LogP contribution in [0.3, 0.4) is 0 Å². The number of hydrogen-bond acceptors (Lipinski definition) is 3. The number of carbonyl (C=O) groups excluding carboxylic acids is 1. The molecule has 0 aromatic carbocycles. The average molecular weight is 296 g/mol. The fraction of sp³-hybridized carbons (Fsp3) is 0.571. The van der Waals surface area contributed by atoms with Gasteiger partial charge in [-0.3, -0.25) is 0 Å². The van der Waals surface area contributed by atoms with E-state index in [9.17, 15) is 14.7 Å². The monoisotopic (exact) mass is 296 g/mol. The lowest BCUT2D eigenvalue weighted by Gasteiger charge is -2.36. The van der Waals surface area contributed by atoms with Crippen molar-refractivity contribution < 1.29 is 14.7 Å². The molecule has 1 aliphatic heterocycles. The highest BCUT2D eigenvalue weighted by Gasteiger charge is 2.37. The van der Waals surface area contributed by atoms with Gasteiger partial charge in [-0.25, -0.2) is 9.59 Å². The molecular formula is C14H20N2O3S. The Balaban J connectivity index is 2.27. The molecule has 0 radical (unpaired) electrons. The van der Waals surface area contributed by atoms with Crippen molar-refractivity contribution in [3.05, 3.63) is 21.9 Å². The first-order chi connectivity index (χ1) is 9.60. The molecule has 110 valence electrons. The standard InChI is InChI=1S/C14H20N2O3S/c1-3-7-15(4-2)14(19)16-8-5-11-10(6-9-20-11)12(16)13(17)18/h6,9,12H,3-5,7-8H2,1-2H3,(H,17,18). The Morgan fingerprint density at radius 3 is 2.85 bits per heavy atom. The molecule has 1 N–H and O–H groups in total. The van der Waals surface area contributed by atoms with Crippen LogP contribution in [0, 0.1) is 0 Å². The van der Waals surface area contributed by atoms with Crippen LogP contribution in [0.4, 0.5) is 4.79 Å². The molecule has 20 heavy (non-hydrogen) atoms. The molecule has 1 aromatic heterocycles. The van der Waals surface area contributed by atoms with E-state index in [1.54, 1.807) is 16.2 Å². The van der Waals surface area contributed by atoms with Crippen molar-refractivity contribution in [2.75, 3.05) is 19.6 Å². The highest BCUT2D eigenvalue weighted by atomic mass is 32.1. The van der Waals surface area contributed by atoms with E-state index in [1.165, 1.54) is 4.90 Å². The Bertz CT molecular complexity index is 500. The molecule has 0 saturated heterocycles. The van der Waals surface area contributed by atoms with Crippen molar-refractivity contribution >= 4 is 23.3 Å². The molecule has 0 spiro atoms. The quantitative estimate of drug-likeness (QED) is 0.929. The minimum atomic E-state index is -0.953. The second-order valence-electron chi connectivity index (χ2n) is 4.85. The molecule has 2 amide bonds. The molecule has 0 saturated carbocycles. The Morgan fingerprint density at radius 2 is 2.25 bits per heavy atom. The minimum absolute atomic E-state index is 0.168. The van der Waals surface area contributed by atoms with E-state index in [0.29, 0.717) is 19.6 Å². The lowest BCUT2D eigenvalue weighted by molar-refractivity contribution is -0.143. The number of amides is 2. The predicted molar refractivity (Wildman–Crippen MR) is 78.0 cm³/mol. The van der Waals surface area contributed by atoms with E-state index < -0.39 is 12.0 Å². The summed E-state index contributed by atoms with van der Waals surface area (Å²) in [4.78, 5) is 28.4. The summed E-state index contributed by atoms with van der Waals surface area (Å²) in [7, 11) is 0. The van der Waals surface area contributed by atoms with E-state index in [1.807, 2.05) is 25.3 Å². The molecule has 1 aliphatic rings. The number of aliphatic carboxylic acids is 1. The number of hydrogen-bond donors (Lipinski definition) is 1. The van der Waals surface area contributed by atoms with Crippen molar-refractivity contribution in [2.45, 2.75) is 32.7 Å². The van der Waals surface area contributed by atoms with E-state index in [-0.39, 0.29) is 6.03 Å². The maximum Gasteiger partial charge on any atom is 0.331 e. The van der Waals surface area contributed by atoms with Crippen LogP contribution in [0.5, 0.6) is 0 Å². The minimum Gasteiger partial charge on any atom is -0.479 e. The molecule has 5 nitrogen and oxygen atoms in total. The van der Waals surface area contributed by atoms with Gasteiger partial charge in [0.2, 0.25) is 0 Å². The first-order valence-corrected chi connectivity index (χ1v) is 7.82. The van der Waals surface area contributed by atoms with Gasteiger partial charge in [-0.05, 0) is 36.8 Å². The Morgan fingerprint density at radius 1 is 1.50 bits per heavy atom. The number of fused-ring (bicyclic) bond motifs is 1. The third-order valence-corrected chi connectivity index (χ3v) is 4.59. The molecule has 1 unspecified atom stereocenters. The van der Waals surface area contributed by atoms with Crippen LogP contribution in [0.25, 0.3) is 0 Å². The molecule has 1 atom stereocenters. The first kappa shape index (κ1) is 14.8. The molecule has 6 heteroatoms. The molecule has 1 aromatic rings. The zero-order valence-electron chi connectivity index (χ0n) is 11.8. The molecule has 0 bridgehead atoms. The van der Waals surface area contributed by atoms with E-state index in [2.05, 4.69) is 0 Å².